The molecule has 0 bridgehead atoms. The molecule has 5 nitrogen and oxygen atoms in total. The van der Waals surface area contributed by atoms with Gasteiger partial charge in [-0.05, 0) is 24.7 Å². The lowest BCUT2D eigenvalue weighted by molar-refractivity contribution is -0.144. The zero-order valence-corrected chi connectivity index (χ0v) is 12.3. The van der Waals surface area contributed by atoms with Crippen LogP contribution >= 0.6 is 22.6 Å². The number of hydrogen-bond donors (Lipinski definition) is 1. The van der Waals surface area contributed by atoms with E-state index in [0.717, 1.165) is 25.1 Å². The van der Waals surface area contributed by atoms with Crippen molar-refractivity contribution in [2.75, 3.05) is 11.5 Å². The molecular formula is C11H18IN3O2. The number of nitrogens with zero attached hydrogens (tertiary/aromatic N) is 2. The van der Waals surface area contributed by atoms with Crippen molar-refractivity contribution in [3.63, 3.8) is 0 Å². The third-order valence-electron chi connectivity index (χ3n) is 2.63. The second-order valence-electron chi connectivity index (χ2n) is 3.60. The van der Waals surface area contributed by atoms with Gasteiger partial charge in [-0.25, -0.2) is 9.78 Å². The minimum absolute atomic E-state index is 0.350. The van der Waals surface area contributed by atoms with Crippen LogP contribution in [0.15, 0.2) is 6.33 Å². The second kappa shape index (κ2) is 6.95. The molecule has 0 spiro atoms. The normalized spacial score (nSPS) is 14.6. The van der Waals surface area contributed by atoms with Crippen molar-refractivity contribution < 1.29 is 9.53 Å². The highest BCUT2D eigenvalue weighted by Gasteiger charge is 2.26. The first-order valence-electron chi connectivity index (χ1n) is 5.58. The lowest BCUT2D eigenvalue weighted by atomic mass is 10.1. The number of rotatable bonds is 3. The van der Waals surface area contributed by atoms with Gasteiger partial charge in [0.15, 0.2) is 0 Å². The van der Waals surface area contributed by atoms with Crippen molar-refractivity contribution in [1.29, 1.82) is 0 Å². The van der Waals surface area contributed by atoms with Crippen LogP contribution in [0, 0.1) is 0 Å². The van der Waals surface area contributed by atoms with E-state index in [4.69, 9.17) is 10.5 Å². The Bertz CT molecular complexity index is 379. The Labute approximate surface area is 115 Å². The summed E-state index contributed by atoms with van der Waals surface area (Å²) in [6, 6.07) is -0.737. The molecule has 2 heterocycles. The van der Waals surface area contributed by atoms with Gasteiger partial charge in [0.2, 0.25) is 0 Å². The minimum atomic E-state index is -0.737. The molecule has 1 aliphatic rings. The SMILES string of the molecule is CCOC(=O)C(N)c1ncn2c1CCC2.CI. The van der Waals surface area contributed by atoms with Crippen LogP contribution in [0.5, 0.6) is 0 Å². The molecule has 0 radical (unpaired) electrons. The van der Waals surface area contributed by atoms with Crippen LogP contribution < -0.4 is 5.73 Å². The van der Waals surface area contributed by atoms with E-state index in [9.17, 15) is 4.79 Å². The topological polar surface area (TPSA) is 70.1 Å². The number of alkyl halides is 1. The van der Waals surface area contributed by atoms with Gasteiger partial charge in [0.1, 0.15) is 6.04 Å². The van der Waals surface area contributed by atoms with E-state index in [1.54, 1.807) is 13.3 Å². The molecule has 1 aromatic rings. The molecule has 6 heteroatoms. The van der Waals surface area contributed by atoms with Crippen LogP contribution in [0.3, 0.4) is 0 Å². The van der Waals surface area contributed by atoms with Crippen molar-refractivity contribution in [3.8, 4) is 0 Å². The van der Waals surface area contributed by atoms with E-state index in [1.165, 1.54) is 0 Å². The van der Waals surface area contributed by atoms with Crippen LogP contribution in [-0.2, 0) is 22.5 Å². The molecule has 1 aromatic heterocycles. The predicted octanol–water partition coefficient (Wildman–Crippen LogP) is 1.44. The van der Waals surface area contributed by atoms with Gasteiger partial charge in [-0.3, -0.25) is 0 Å². The largest absolute Gasteiger partial charge is 0.465 e. The van der Waals surface area contributed by atoms with Crippen molar-refractivity contribution in [2.45, 2.75) is 32.4 Å². The fourth-order valence-corrected chi connectivity index (χ4v) is 1.91. The van der Waals surface area contributed by atoms with Crippen molar-refractivity contribution in [1.82, 2.24) is 9.55 Å². The highest BCUT2D eigenvalue weighted by Crippen LogP contribution is 2.22. The second-order valence-corrected chi connectivity index (χ2v) is 3.60. The number of esters is 1. The van der Waals surface area contributed by atoms with Gasteiger partial charge in [-0.1, -0.05) is 22.6 Å². The molecule has 1 atom stereocenters. The first-order valence-corrected chi connectivity index (χ1v) is 7.73. The third kappa shape index (κ3) is 3.19. The van der Waals surface area contributed by atoms with Gasteiger partial charge < -0.3 is 15.0 Å². The Kier molecular flexibility index (Phi) is 5.90. The molecule has 1 unspecified atom stereocenters. The fraction of sp³-hybridized carbons (Fsp3) is 0.636. The summed E-state index contributed by atoms with van der Waals surface area (Å²) in [6.45, 7) is 3.09. The lowest BCUT2D eigenvalue weighted by Gasteiger charge is -2.09. The molecule has 0 aliphatic carbocycles. The average molecular weight is 351 g/mol. The van der Waals surface area contributed by atoms with E-state index in [-0.39, 0.29) is 0 Å². The van der Waals surface area contributed by atoms with Crippen LogP contribution in [0.4, 0.5) is 0 Å². The number of ether oxygens (including phenoxy) is 1. The highest BCUT2D eigenvalue weighted by atomic mass is 127. The van der Waals surface area contributed by atoms with Crippen LogP contribution in [-0.4, -0.2) is 27.1 Å². The molecule has 2 N–H and O–H groups in total. The number of carbonyl (C=O) groups is 1. The van der Waals surface area contributed by atoms with Crippen LogP contribution in [0.1, 0.15) is 30.8 Å². The summed E-state index contributed by atoms with van der Waals surface area (Å²) in [4.78, 5) is 17.6. The summed E-state index contributed by atoms with van der Waals surface area (Å²) in [6.07, 6.45) is 3.79. The number of hydrogen-bond acceptors (Lipinski definition) is 4. The van der Waals surface area contributed by atoms with Gasteiger partial charge in [-0.15, -0.1) is 0 Å². The zero-order chi connectivity index (χ0) is 12.8. The van der Waals surface area contributed by atoms with Gasteiger partial charge in [-0.2, -0.15) is 0 Å². The Morgan fingerprint density at radius 2 is 2.41 bits per heavy atom. The summed E-state index contributed by atoms with van der Waals surface area (Å²) in [5.74, 6) is -0.397. The summed E-state index contributed by atoms with van der Waals surface area (Å²) in [5.41, 5.74) is 7.54. The molecule has 2 rings (SSSR count). The van der Waals surface area contributed by atoms with Crippen LogP contribution in [0.25, 0.3) is 0 Å². The Morgan fingerprint density at radius 1 is 1.71 bits per heavy atom. The monoisotopic (exact) mass is 351 g/mol. The van der Waals surface area contributed by atoms with Gasteiger partial charge in [0, 0.05) is 12.2 Å². The van der Waals surface area contributed by atoms with E-state index < -0.39 is 12.0 Å². The third-order valence-corrected chi connectivity index (χ3v) is 2.63. The van der Waals surface area contributed by atoms with E-state index in [0.29, 0.717) is 12.3 Å². The standard InChI is InChI=1S/C10H15N3O2.CH3I/c1-2-15-10(14)8(11)9-7-4-3-5-13(7)6-12-9;1-2/h6,8H,2-5,11H2,1H3;1H3. The van der Waals surface area contributed by atoms with E-state index in [2.05, 4.69) is 32.1 Å². The van der Waals surface area contributed by atoms with Gasteiger partial charge in [0.25, 0.3) is 0 Å². The van der Waals surface area contributed by atoms with E-state index >= 15 is 0 Å². The molecule has 1 aliphatic heterocycles. The minimum Gasteiger partial charge on any atom is -0.465 e. The van der Waals surface area contributed by atoms with Gasteiger partial charge >= 0.3 is 5.97 Å². The van der Waals surface area contributed by atoms with E-state index in [1.807, 2.05) is 4.93 Å². The smallest absolute Gasteiger partial charge is 0.329 e. The molecule has 0 amide bonds. The maximum absolute atomic E-state index is 11.4. The molecule has 0 fully saturated rings. The maximum atomic E-state index is 11.4. The number of nitrogens with two attached hydrogens (primary N) is 1. The number of aryl methyl sites for hydroxylation is 1. The quantitative estimate of drug-likeness (QED) is 0.508. The molecule has 0 aromatic carbocycles. The first kappa shape index (κ1) is 14.4. The summed E-state index contributed by atoms with van der Waals surface area (Å²) < 4.78 is 6.92. The average Bonchev–Trinajstić information content (AvgIpc) is 2.93. The summed E-state index contributed by atoms with van der Waals surface area (Å²) in [5, 5.41) is 0. The predicted molar refractivity (Wildman–Crippen MR) is 74.1 cm³/mol. The Morgan fingerprint density at radius 3 is 3.06 bits per heavy atom. The molecule has 96 valence electrons. The highest BCUT2D eigenvalue weighted by molar-refractivity contribution is 14.1. The Balaban J connectivity index is 0.000000686. The number of aromatic nitrogens is 2. The van der Waals surface area contributed by atoms with Crippen molar-refractivity contribution in [3.05, 3.63) is 17.7 Å². The summed E-state index contributed by atoms with van der Waals surface area (Å²) in [7, 11) is 0. The molecule has 0 saturated heterocycles. The fourth-order valence-electron chi connectivity index (χ4n) is 1.91. The first-order chi connectivity index (χ1) is 8.24. The van der Waals surface area contributed by atoms with Crippen molar-refractivity contribution >= 4 is 28.6 Å². The number of fused-ring (bicyclic) bond motifs is 1. The molecule has 17 heavy (non-hydrogen) atoms. The zero-order valence-electron chi connectivity index (χ0n) is 10.1. The number of carbonyl (C=O) groups excluding carboxylic acids is 1. The Hall–Kier alpha value is -0.630. The summed E-state index contributed by atoms with van der Waals surface area (Å²) >= 11 is 2.15. The maximum Gasteiger partial charge on any atom is 0.329 e. The molecular weight excluding hydrogens is 333 g/mol. The lowest BCUT2D eigenvalue weighted by Crippen LogP contribution is -2.25. The molecule has 0 saturated carbocycles. The van der Waals surface area contributed by atoms with Crippen LogP contribution in [0.2, 0.25) is 0 Å². The van der Waals surface area contributed by atoms with Gasteiger partial charge in [0.05, 0.1) is 18.6 Å². The number of imidazole rings is 1. The number of halogens is 1. The van der Waals surface area contributed by atoms with Crippen molar-refractivity contribution in [2.24, 2.45) is 5.73 Å².